The van der Waals surface area contributed by atoms with Crippen LogP contribution in [0.1, 0.15) is 49.9 Å². The average molecular weight is 277 g/mol. The summed E-state index contributed by atoms with van der Waals surface area (Å²) < 4.78 is 5.53. The number of carbonyl (C=O) groups is 2. The molecule has 4 nitrogen and oxygen atoms in total. The second-order valence-corrected chi connectivity index (χ2v) is 4.99. The smallest absolute Gasteiger partial charge is 0.219 e. The molecule has 1 amide bonds. The number of ether oxygens (including phenoxy) is 1. The monoisotopic (exact) mass is 277 g/mol. The van der Waals surface area contributed by atoms with Gasteiger partial charge in [0.2, 0.25) is 5.91 Å². The van der Waals surface area contributed by atoms with Crippen LogP contribution in [0.4, 0.5) is 0 Å². The molecule has 0 heterocycles. The van der Waals surface area contributed by atoms with Crippen LogP contribution in [0.2, 0.25) is 0 Å². The van der Waals surface area contributed by atoms with Crippen LogP contribution in [-0.4, -0.2) is 24.8 Å². The van der Waals surface area contributed by atoms with Gasteiger partial charge in [-0.1, -0.05) is 0 Å². The first-order chi connectivity index (χ1) is 9.52. The Balaban J connectivity index is 2.38. The molecule has 0 aliphatic heterocycles. The Morgan fingerprint density at radius 3 is 2.25 bits per heavy atom. The van der Waals surface area contributed by atoms with E-state index in [9.17, 15) is 9.59 Å². The van der Waals surface area contributed by atoms with Crippen LogP contribution in [-0.2, 0) is 4.79 Å². The number of nitrogens with one attached hydrogen (secondary N) is 1. The molecule has 1 aromatic rings. The normalized spacial score (nSPS) is 10.4. The van der Waals surface area contributed by atoms with Crippen molar-refractivity contribution >= 4 is 11.7 Å². The van der Waals surface area contributed by atoms with Gasteiger partial charge in [-0.3, -0.25) is 9.59 Å². The molecule has 110 valence electrons. The lowest BCUT2D eigenvalue weighted by Gasteiger charge is -2.09. The van der Waals surface area contributed by atoms with Crippen molar-refractivity contribution in [3.63, 3.8) is 0 Å². The summed E-state index contributed by atoms with van der Waals surface area (Å²) in [5.41, 5.74) is 0.695. The summed E-state index contributed by atoms with van der Waals surface area (Å²) in [6, 6.07) is 7.22. The van der Waals surface area contributed by atoms with E-state index < -0.39 is 0 Å². The molecule has 0 spiro atoms. The quantitative estimate of drug-likeness (QED) is 0.587. The maximum atomic E-state index is 12.0. The fourth-order valence-corrected chi connectivity index (χ4v) is 1.83. The van der Waals surface area contributed by atoms with Crippen molar-refractivity contribution in [2.45, 2.75) is 45.6 Å². The molecule has 1 aromatic carbocycles. The van der Waals surface area contributed by atoms with Crippen LogP contribution in [0.15, 0.2) is 24.3 Å². The lowest BCUT2D eigenvalue weighted by atomic mass is 10.0. The molecular formula is C16H23NO3. The van der Waals surface area contributed by atoms with Crippen LogP contribution < -0.4 is 10.1 Å². The van der Waals surface area contributed by atoms with Crippen molar-refractivity contribution in [2.75, 3.05) is 7.05 Å². The number of hydrogen-bond donors (Lipinski definition) is 1. The Labute approximate surface area is 120 Å². The molecule has 1 rings (SSSR count). The second kappa shape index (κ2) is 8.35. The van der Waals surface area contributed by atoms with E-state index in [0.717, 1.165) is 18.6 Å². The molecule has 0 radical (unpaired) electrons. The Kier molecular flexibility index (Phi) is 6.77. The molecule has 0 atom stereocenters. The van der Waals surface area contributed by atoms with E-state index in [-0.39, 0.29) is 17.8 Å². The Morgan fingerprint density at radius 2 is 1.70 bits per heavy atom. The minimum atomic E-state index is 0.0210. The summed E-state index contributed by atoms with van der Waals surface area (Å²) in [7, 11) is 1.62. The van der Waals surface area contributed by atoms with E-state index in [1.807, 2.05) is 26.0 Å². The zero-order valence-corrected chi connectivity index (χ0v) is 12.4. The van der Waals surface area contributed by atoms with E-state index in [2.05, 4.69) is 5.32 Å². The summed E-state index contributed by atoms with van der Waals surface area (Å²) >= 11 is 0. The summed E-state index contributed by atoms with van der Waals surface area (Å²) in [6.07, 6.45) is 2.55. The van der Waals surface area contributed by atoms with E-state index in [1.54, 1.807) is 19.2 Å². The fourth-order valence-electron chi connectivity index (χ4n) is 1.83. The third-order valence-corrected chi connectivity index (χ3v) is 2.88. The van der Waals surface area contributed by atoms with Gasteiger partial charge in [0.05, 0.1) is 6.10 Å². The number of Topliss-reactive ketones (excluding diaryl/α,β-unsaturated/α-hetero) is 1. The van der Waals surface area contributed by atoms with Crippen molar-refractivity contribution in [2.24, 2.45) is 0 Å². The molecule has 0 saturated carbocycles. The molecule has 0 aliphatic carbocycles. The van der Waals surface area contributed by atoms with Gasteiger partial charge in [-0.05, 0) is 51.0 Å². The van der Waals surface area contributed by atoms with Gasteiger partial charge in [-0.25, -0.2) is 0 Å². The maximum Gasteiger partial charge on any atom is 0.219 e. The van der Waals surface area contributed by atoms with Crippen LogP contribution in [0.5, 0.6) is 5.75 Å². The van der Waals surface area contributed by atoms with Gasteiger partial charge in [0, 0.05) is 25.5 Å². The van der Waals surface area contributed by atoms with E-state index in [1.165, 1.54) is 0 Å². The number of carbonyl (C=O) groups excluding carboxylic acids is 2. The third-order valence-electron chi connectivity index (χ3n) is 2.88. The zero-order chi connectivity index (χ0) is 15.0. The first-order valence-electron chi connectivity index (χ1n) is 7.03. The molecule has 4 heteroatoms. The molecule has 0 aromatic heterocycles. The highest BCUT2D eigenvalue weighted by molar-refractivity contribution is 5.96. The number of benzene rings is 1. The predicted octanol–water partition coefficient (Wildman–Crippen LogP) is 2.96. The highest BCUT2D eigenvalue weighted by Crippen LogP contribution is 2.15. The minimum absolute atomic E-state index is 0.0210. The topological polar surface area (TPSA) is 55.4 Å². The highest BCUT2D eigenvalue weighted by atomic mass is 16.5. The van der Waals surface area contributed by atoms with Crippen LogP contribution in [0.25, 0.3) is 0 Å². The first-order valence-corrected chi connectivity index (χ1v) is 7.03. The van der Waals surface area contributed by atoms with Gasteiger partial charge in [-0.15, -0.1) is 0 Å². The van der Waals surface area contributed by atoms with Gasteiger partial charge in [0.25, 0.3) is 0 Å². The Morgan fingerprint density at radius 1 is 1.10 bits per heavy atom. The van der Waals surface area contributed by atoms with Gasteiger partial charge in [0.15, 0.2) is 5.78 Å². The van der Waals surface area contributed by atoms with E-state index in [0.29, 0.717) is 18.4 Å². The van der Waals surface area contributed by atoms with Crippen LogP contribution in [0.3, 0.4) is 0 Å². The van der Waals surface area contributed by atoms with Crippen molar-refractivity contribution in [1.82, 2.24) is 5.32 Å². The van der Waals surface area contributed by atoms with Crippen molar-refractivity contribution in [1.29, 1.82) is 0 Å². The van der Waals surface area contributed by atoms with Crippen molar-refractivity contribution in [3.05, 3.63) is 29.8 Å². The number of unbranched alkanes of at least 4 members (excludes halogenated alkanes) is 1. The average Bonchev–Trinajstić information content (AvgIpc) is 2.43. The zero-order valence-electron chi connectivity index (χ0n) is 12.4. The fraction of sp³-hybridized carbons (Fsp3) is 0.500. The van der Waals surface area contributed by atoms with Gasteiger partial charge < -0.3 is 10.1 Å². The lowest BCUT2D eigenvalue weighted by Crippen LogP contribution is -2.17. The third kappa shape index (κ3) is 5.87. The molecule has 0 fully saturated rings. The first kappa shape index (κ1) is 16.2. The van der Waals surface area contributed by atoms with E-state index >= 15 is 0 Å². The molecule has 0 bridgehead atoms. The van der Waals surface area contributed by atoms with Crippen LogP contribution >= 0.6 is 0 Å². The van der Waals surface area contributed by atoms with Crippen molar-refractivity contribution < 1.29 is 14.3 Å². The number of amides is 1. The summed E-state index contributed by atoms with van der Waals surface area (Å²) in [4.78, 5) is 23.0. The van der Waals surface area contributed by atoms with Gasteiger partial charge in [0.1, 0.15) is 5.75 Å². The van der Waals surface area contributed by atoms with Gasteiger partial charge in [-0.2, -0.15) is 0 Å². The Bertz CT molecular complexity index is 438. The van der Waals surface area contributed by atoms with Crippen LogP contribution in [0, 0.1) is 0 Å². The molecule has 0 aliphatic rings. The van der Waals surface area contributed by atoms with Gasteiger partial charge >= 0.3 is 0 Å². The molecule has 0 unspecified atom stereocenters. The molecular weight excluding hydrogens is 254 g/mol. The van der Waals surface area contributed by atoms with E-state index in [4.69, 9.17) is 4.74 Å². The largest absolute Gasteiger partial charge is 0.491 e. The molecule has 1 N–H and O–H groups in total. The maximum absolute atomic E-state index is 12.0. The summed E-state index contributed by atoms with van der Waals surface area (Å²) in [6.45, 7) is 3.93. The molecule has 0 saturated heterocycles. The highest BCUT2D eigenvalue weighted by Gasteiger charge is 2.07. The predicted molar refractivity (Wildman–Crippen MR) is 79.1 cm³/mol. The number of hydrogen-bond acceptors (Lipinski definition) is 3. The van der Waals surface area contributed by atoms with Crippen molar-refractivity contribution in [3.8, 4) is 5.75 Å². The second-order valence-electron chi connectivity index (χ2n) is 4.99. The standard InChI is InChI=1S/C16H23NO3/c1-12(2)20-14-10-8-13(9-11-14)15(18)6-4-5-7-16(19)17-3/h8-12H,4-7H2,1-3H3,(H,17,19). The lowest BCUT2D eigenvalue weighted by molar-refractivity contribution is -0.120. The Hall–Kier alpha value is -1.84. The SMILES string of the molecule is CNC(=O)CCCCC(=O)c1ccc(OC(C)C)cc1. The molecule has 20 heavy (non-hydrogen) atoms. The number of ketones is 1. The minimum Gasteiger partial charge on any atom is -0.491 e. The summed E-state index contributed by atoms with van der Waals surface area (Å²) in [5.74, 6) is 0.904. The summed E-state index contributed by atoms with van der Waals surface area (Å²) in [5, 5.41) is 2.57. The number of rotatable bonds is 8.